The van der Waals surface area contributed by atoms with Crippen LogP contribution < -0.4 is 9.47 Å². The van der Waals surface area contributed by atoms with Gasteiger partial charge < -0.3 is 23.8 Å². The number of ether oxygens (including phenoxy) is 4. The maximum Gasteiger partial charge on any atom is 0.338 e. The SMILES string of the molecule is COc1cc(C(=O)OCC(=O)N2CCCC2=O)ccc1OCC(=O)N1CCOCC1. The summed E-state index contributed by atoms with van der Waals surface area (Å²) >= 11 is 0. The van der Waals surface area contributed by atoms with Gasteiger partial charge in [-0.05, 0) is 24.6 Å². The van der Waals surface area contributed by atoms with Crippen LogP contribution in [0.25, 0.3) is 0 Å². The van der Waals surface area contributed by atoms with Crippen molar-refractivity contribution in [3.05, 3.63) is 23.8 Å². The number of carbonyl (C=O) groups is 4. The van der Waals surface area contributed by atoms with E-state index in [1.807, 2.05) is 0 Å². The third-order valence-corrected chi connectivity index (χ3v) is 4.82. The van der Waals surface area contributed by atoms with E-state index in [4.69, 9.17) is 18.9 Å². The minimum atomic E-state index is -0.732. The van der Waals surface area contributed by atoms with E-state index in [9.17, 15) is 19.2 Å². The second-order valence-corrected chi connectivity index (χ2v) is 6.77. The number of benzene rings is 1. The summed E-state index contributed by atoms with van der Waals surface area (Å²) in [6, 6.07) is 4.35. The molecule has 3 rings (SSSR count). The van der Waals surface area contributed by atoms with Crippen molar-refractivity contribution in [1.82, 2.24) is 9.80 Å². The van der Waals surface area contributed by atoms with Crippen LogP contribution in [-0.4, -0.2) is 86.7 Å². The minimum absolute atomic E-state index is 0.152. The topological polar surface area (TPSA) is 112 Å². The van der Waals surface area contributed by atoms with Gasteiger partial charge in [-0.15, -0.1) is 0 Å². The molecule has 30 heavy (non-hydrogen) atoms. The van der Waals surface area contributed by atoms with E-state index in [1.54, 1.807) is 4.90 Å². The fraction of sp³-hybridized carbons (Fsp3) is 0.500. The number of hydrogen-bond donors (Lipinski definition) is 0. The first kappa shape index (κ1) is 21.6. The molecule has 0 saturated carbocycles. The van der Waals surface area contributed by atoms with E-state index in [-0.39, 0.29) is 29.7 Å². The zero-order valence-electron chi connectivity index (χ0n) is 16.8. The normalized spacial score (nSPS) is 16.4. The number of likely N-dealkylation sites (tertiary alicyclic amines) is 1. The Labute approximate surface area is 173 Å². The van der Waals surface area contributed by atoms with E-state index in [0.29, 0.717) is 51.4 Å². The number of nitrogens with zero attached hydrogens (tertiary/aromatic N) is 2. The fourth-order valence-electron chi connectivity index (χ4n) is 3.16. The van der Waals surface area contributed by atoms with E-state index >= 15 is 0 Å². The molecule has 162 valence electrons. The molecule has 0 unspecified atom stereocenters. The van der Waals surface area contributed by atoms with Crippen LogP contribution >= 0.6 is 0 Å². The molecule has 1 aromatic rings. The highest BCUT2D eigenvalue weighted by Crippen LogP contribution is 2.28. The van der Waals surface area contributed by atoms with Gasteiger partial charge in [0.2, 0.25) is 5.91 Å². The van der Waals surface area contributed by atoms with E-state index in [1.165, 1.54) is 25.3 Å². The quantitative estimate of drug-likeness (QED) is 0.577. The van der Waals surface area contributed by atoms with Crippen LogP contribution in [0.3, 0.4) is 0 Å². The Balaban J connectivity index is 1.54. The highest BCUT2D eigenvalue weighted by atomic mass is 16.5. The lowest BCUT2D eigenvalue weighted by Crippen LogP contribution is -2.43. The summed E-state index contributed by atoms with van der Waals surface area (Å²) in [5.74, 6) is -1.15. The molecule has 3 amide bonds. The average Bonchev–Trinajstić information content (AvgIpc) is 3.21. The van der Waals surface area contributed by atoms with Crippen molar-refractivity contribution in [1.29, 1.82) is 0 Å². The van der Waals surface area contributed by atoms with Gasteiger partial charge in [0.15, 0.2) is 24.7 Å². The molecule has 2 fully saturated rings. The van der Waals surface area contributed by atoms with Crippen LogP contribution in [-0.2, 0) is 23.9 Å². The number of rotatable bonds is 7. The van der Waals surface area contributed by atoms with E-state index in [0.717, 1.165) is 4.90 Å². The summed E-state index contributed by atoms with van der Waals surface area (Å²) in [5.41, 5.74) is 0.152. The van der Waals surface area contributed by atoms with Crippen LogP contribution in [0.5, 0.6) is 11.5 Å². The molecular formula is C20H24N2O8. The first-order valence-corrected chi connectivity index (χ1v) is 9.66. The van der Waals surface area contributed by atoms with Crippen LogP contribution in [0.4, 0.5) is 0 Å². The zero-order valence-corrected chi connectivity index (χ0v) is 16.8. The summed E-state index contributed by atoms with van der Waals surface area (Å²) in [5, 5.41) is 0. The summed E-state index contributed by atoms with van der Waals surface area (Å²) in [7, 11) is 1.41. The molecule has 0 aromatic heterocycles. The van der Waals surface area contributed by atoms with Gasteiger partial charge >= 0.3 is 5.97 Å². The third kappa shape index (κ3) is 5.26. The predicted molar refractivity (Wildman–Crippen MR) is 102 cm³/mol. The summed E-state index contributed by atoms with van der Waals surface area (Å²) in [6.45, 7) is 1.70. The Kier molecular flexibility index (Phi) is 7.23. The second-order valence-electron chi connectivity index (χ2n) is 6.77. The Morgan fingerprint density at radius 3 is 2.47 bits per heavy atom. The number of imide groups is 1. The molecule has 2 aliphatic rings. The largest absolute Gasteiger partial charge is 0.493 e. The van der Waals surface area contributed by atoms with Crippen LogP contribution in [0.1, 0.15) is 23.2 Å². The maximum absolute atomic E-state index is 12.3. The zero-order chi connectivity index (χ0) is 21.5. The van der Waals surface area contributed by atoms with Crippen LogP contribution in [0, 0.1) is 0 Å². The lowest BCUT2D eigenvalue weighted by atomic mass is 10.2. The van der Waals surface area contributed by atoms with Crippen molar-refractivity contribution in [3.63, 3.8) is 0 Å². The molecule has 0 aliphatic carbocycles. The Bertz CT molecular complexity index is 819. The highest BCUT2D eigenvalue weighted by Gasteiger charge is 2.27. The van der Waals surface area contributed by atoms with Gasteiger partial charge in [0, 0.05) is 26.1 Å². The molecule has 0 spiro atoms. The standard InChI is InChI=1S/C20H24N2O8/c1-27-16-11-14(20(26)30-13-19(25)22-6-2-3-17(22)23)4-5-15(16)29-12-18(24)21-7-9-28-10-8-21/h4-5,11H,2-3,6-10,12-13H2,1H3. The highest BCUT2D eigenvalue weighted by molar-refractivity contribution is 5.98. The Morgan fingerprint density at radius 2 is 1.80 bits per heavy atom. The number of esters is 1. The van der Waals surface area contributed by atoms with Gasteiger partial charge in [-0.3, -0.25) is 19.3 Å². The molecule has 2 aliphatic heterocycles. The second kappa shape index (κ2) is 10.1. The Hall–Kier alpha value is -3.14. The number of carbonyl (C=O) groups excluding carboxylic acids is 4. The van der Waals surface area contributed by atoms with Crippen molar-refractivity contribution < 1.29 is 38.1 Å². The maximum atomic E-state index is 12.3. The number of methoxy groups -OCH3 is 1. The fourth-order valence-corrected chi connectivity index (χ4v) is 3.16. The average molecular weight is 420 g/mol. The first-order valence-electron chi connectivity index (χ1n) is 9.66. The molecule has 0 atom stereocenters. The summed E-state index contributed by atoms with van der Waals surface area (Å²) in [6.07, 6.45) is 0.942. The minimum Gasteiger partial charge on any atom is -0.493 e. The number of amides is 3. The van der Waals surface area contributed by atoms with Gasteiger partial charge in [0.1, 0.15) is 0 Å². The van der Waals surface area contributed by atoms with Gasteiger partial charge in [0.25, 0.3) is 11.8 Å². The molecule has 10 heteroatoms. The lowest BCUT2D eigenvalue weighted by molar-refractivity contribution is -0.144. The van der Waals surface area contributed by atoms with Gasteiger partial charge in [0.05, 0.1) is 25.9 Å². The van der Waals surface area contributed by atoms with Crippen molar-refractivity contribution in [3.8, 4) is 11.5 Å². The van der Waals surface area contributed by atoms with Crippen molar-refractivity contribution in [2.24, 2.45) is 0 Å². The Morgan fingerprint density at radius 1 is 1.03 bits per heavy atom. The molecule has 10 nitrogen and oxygen atoms in total. The third-order valence-electron chi connectivity index (χ3n) is 4.82. The van der Waals surface area contributed by atoms with Crippen molar-refractivity contribution in [2.45, 2.75) is 12.8 Å². The van der Waals surface area contributed by atoms with Gasteiger partial charge in [-0.25, -0.2) is 4.79 Å². The summed E-state index contributed by atoms with van der Waals surface area (Å²) < 4.78 is 21.0. The van der Waals surface area contributed by atoms with Gasteiger partial charge in [-0.1, -0.05) is 0 Å². The van der Waals surface area contributed by atoms with Crippen molar-refractivity contribution in [2.75, 3.05) is 53.2 Å². The smallest absolute Gasteiger partial charge is 0.338 e. The first-order chi connectivity index (χ1) is 14.5. The van der Waals surface area contributed by atoms with E-state index < -0.39 is 18.5 Å². The van der Waals surface area contributed by atoms with Crippen LogP contribution in [0.2, 0.25) is 0 Å². The molecule has 0 radical (unpaired) electrons. The molecule has 2 saturated heterocycles. The predicted octanol–water partition coefficient (Wildman–Crippen LogP) is 0.239. The van der Waals surface area contributed by atoms with E-state index in [2.05, 4.69) is 0 Å². The molecule has 1 aromatic carbocycles. The number of hydrogen-bond acceptors (Lipinski definition) is 8. The molecule has 2 heterocycles. The number of morpholine rings is 1. The molecule has 0 bridgehead atoms. The lowest BCUT2D eigenvalue weighted by Gasteiger charge is -2.26. The molecular weight excluding hydrogens is 396 g/mol. The monoisotopic (exact) mass is 420 g/mol. The van der Waals surface area contributed by atoms with Crippen LogP contribution in [0.15, 0.2) is 18.2 Å². The van der Waals surface area contributed by atoms with Gasteiger partial charge in [-0.2, -0.15) is 0 Å². The van der Waals surface area contributed by atoms with Crippen molar-refractivity contribution >= 4 is 23.7 Å². The molecule has 0 N–H and O–H groups in total. The summed E-state index contributed by atoms with van der Waals surface area (Å²) in [4.78, 5) is 50.7.